The maximum Gasteiger partial charge on any atom is 0.255 e. The molecular formula is C7H10BrNO4. The molecule has 0 aromatic carbocycles. The molecule has 1 rings (SSSR count). The van der Waals surface area contributed by atoms with Crippen molar-refractivity contribution in [1.29, 1.82) is 0 Å². The molecule has 13 heavy (non-hydrogen) atoms. The van der Waals surface area contributed by atoms with Crippen LogP contribution in [0.15, 0.2) is 0 Å². The summed E-state index contributed by atoms with van der Waals surface area (Å²) in [6.45, 7) is -0.131. The van der Waals surface area contributed by atoms with Gasteiger partial charge in [0, 0.05) is 5.33 Å². The molecule has 1 heterocycles. The van der Waals surface area contributed by atoms with Crippen molar-refractivity contribution in [2.45, 2.75) is 6.10 Å². The smallest absolute Gasteiger partial charge is 0.255 e. The Labute approximate surface area is 83.8 Å². The summed E-state index contributed by atoms with van der Waals surface area (Å²) >= 11 is 3.05. The van der Waals surface area contributed by atoms with Crippen molar-refractivity contribution >= 4 is 27.7 Å². The summed E-state index contributed by atoms with van der Waals surface area (Å²) < 4.78 is 4.71. The first-order chi connectivity index (χ1) is 6.15. The average molecular weight is 252 g/mol. The number of carbonyl (C=O) groups is 2. The summed E-state index contributed by atoms with van der Waals surface area (Å²) in [4.78, 5) is 23.2. The number of carbonyl (C=O) groups excluding carboxylic acids is 2. The molecule has 6 heteroatoms. The van der Waals surface area contributed by atoms with Crippen LogP contribution in [0.1, 0.15) is 0 Å². The van der Waals surface area contributed by atoms with Crippen LogP contribution in [-0.2, 0) is 14.3 Å². The zero-order chi connectivity index (χ0) is 9.84. The lowest BCUT2D eigenvalue weighted by molar-refractivity contribution is -0.159. The van der Waals surface area contributed by atoms with Crippen molar-refractivity contribution in [2.24, 2.45) is 0 Å². The number of nitrogens with zero attached hydrogens (tertiary/aromatic N) is 1. The Morgan fingerprint density at radius 3 is 2.46 bits per heavy atom. The number of morpholine rings is 1. The molecule has 1 N–H and O–H groups in total. The second-order valence-electron chi connectivity index (χ2n) is 2.70. The van der Waals surface area contributed by atoms with Crippen LogP contribution in [-0.4, -0.2) is 53.0 Å². The number of hydrogen-bond acceptors (Lipinski definition) is 4. The minimum Gasteiger partial charge on any atom is -0.390 e. The third-order valence-corrected chi connectivity index (χ3v) is 2.37. The fourth-order valence-corrected chi connectivity index (χ4v) is 1.19. The molecule has 1 aliphatic rings. The van der Waals surface area contributed by atoms with Gasteiger partial charge in [-0.05, 0) is 0 Å². The van der Waals surface area contributed by atoms with Crippen molar-refractivity contribution < 1.29 is 19.4 Å². The van der Waals surface area contributed by atoms with Gasteiger partial charge in [0.15, 0.2) is 0 Å². The van der Waals surface area contributed by atoms with Crippen LogP contribution in [0.4, 0.5) is 0 Å². The van der Waals surface area contributed by atoms with E-state index < -0.39 is 17.9 Å². The molecule has 74 valence electrons. The number of halogens is 1. The number of amides is 2. The van der Waals surface area contributed by atoms with E-state index >= 15 is 0 Å². The van der Waals surface area contributed by atoms with Gasteiger partial charge >= 0.3 is 0 Å². The van der Waals surface area contributed by atoms with E-state index in [1.165, 1.54) is 0 Å². The first kappa shape index (κ1) is 10.6. The minimum absolute atomic E-state index is 0.0340. The van der Waals surface area contributed by atoms with E-state index in [9.17, 15) is 14.7 Å². The predicted molar refractivity (Wildman–Crippen MR) is 47.3 cm³/mol. The van der Waals surface area contributed by atoms with Crippen LogP contribution in [0.2, 0.25) is 0 Å². The van der Waals surface area contributed by atoms with Gasteiger partial charge in [0.1, 0.15) is 13.2 Å². The summed E-state index contributed by atoms with van der Waals surface area (Å²) in [7, 11) is 0. The van der Waals surface area contributed by atoms with Crippen molar-refractivity contribution in [1.82, 2.24) is 4.90 Å². The summed E-state index contributed by atoms with van der Waals surface area (Å²) in [6, 6.07) is 0. The summed E-state index contributed by atoms with van der Waals surface area (Å²) in [5, 5.41) is 9.55. The highest BCUT2D eigenvalue weighted by Crippen LogP contribution is 2.03. The minimum atomic E-state index is -0.717. The van der Waals surface area contributed by atoms with E-state index in [-0.39, 0.29) is 19.8 Å². The Bertz CT molecular complexity index is 205. The summed E-state index contributed by atoms with van der Waals surface area (Å²) in [6.07, 6.45) is -0.717. The highest BCUT2D eigenvalue weighted by molar-refractivity contribution is 9.09. The van der Waals surface area contributed by atoms with Gasteiger partial charge in [-0.2, -0.15) is 0 Å². The van der Waals surface area contributed by atoms with E-state index in [1.807, 2.05) is 0 Å². The highest BCUT2D eigenvalue weighted by atomic mass is 79.9. The lowest BCUT2D eigenvalue weighted by Gasteiger charge is -2.26. The van der Waals surface area contributed by atoms with Gasteiger partial charge in [0.2, 0.25) is 0 Å². The Kier molecular flexibility index (Phi) is 3.83. The van der Waals surface area contributed by atoms with Crippen LogP contribution < -0.4 is 0 Å². The standard InChI is InChI=1S/C7H10BrNO4/c8-1-5(10)2-9-6(11)3-13-4-7(9)12/h5,10H,1-4H2. The summed E-state index contributed by atoms with van der Waals surface area (Å²) in [5.74, 6) is -0.785. The van der Waals surface area contributed by atoms with Gasteiger partial charge in [0.05, 0.1) is 12.6 Å². The first-order valence-electron chi connectivity index (χ1n) is 3.80. The van der Waals surface area contributed by atoms with Crippen LogP contribution in [0.3, 0.4) is 0 Å². The fraction of sp³-hybridized carbons (Fsp3) is 0.714. The van der Waals surface area contributed by atoms with Crippen molar-refractivity contribution in [3.05, 3.63) is 0 Å². The quantitative estimate of drug-likeness (QED) is 0.523. The fourth-order valence-electron chi connectivity index (χ4n) is 0.984. The van der Waals surface area contributed by atoms with Crippen LogP contribution in [0.5, 0.6) is 0 Å². The van der Waals surface area contributed by atoms with Crippen molar-refractivity contribution in [2.75, 3.05) is 25.1 Å². The lowest BCUT2D eigenvalue weighted by atomic mass is 10.3. The normalized spacial score (nSPS) is 20.6. The molecule has 1 aliphatic heterocycles. The maximum absolute atomic E-state index is 11.1. The van der Waals surface area contributed by atoms with Gasteiger partial charge in [-0.15, -0.1) is 0 Å². The number of rotatable bonds is 3. The zero-order valence-electron chi connectivity index (χ0n) is 6.90. The van der Waals surface area contributed by atoms with Crippen LogP contribution in [0, 0.1) is 0 Å². The lowest BCUT2D eigenvalue weighted by Crippen LogP contribution is -2.49. The monoisotopic (exact) mass is 251 g/mol. The molecule has 0 aromatic heterocycles. The number of hydrogen-bond donors (Lipinski definition) is 1. The number of ether oxygens (including phenoxy) is 1. The Hall–Kier alpha value is -0.460. The van der Waals surface area contributed by atoms with Gasteiger partial charge in [-0.3, -0.25) is 14.5 Å². The molecule has 0 aromatic rings. The molecule has 1 fully saturated rings. The summed E-state index contributed by atoms with van der Waals surface area (Å²) in [5.41, 5.74) is 0. The number of imide groups is 1. The van der Waals surface area contributed by atoms with Crippen LogP contribution in [0.25, 0.3) is 0 Å². The van der Waals surface area contributed by atoms with Gasteiger partial charge in [-0.1, -0.05) is 15.9 Å². The molecule has 0 spiro atoms. The molecule has 0 bridgehead atoms. The maximum atomic E-state index is 11.1. The Morgan fingerprint density at radius 2 is 2.00 bits per heavy atom. The topological polar surface area (TPSA) is 66.8 Å². The predicted octanol–water partition coefficient (Wildman–Crippen LogP) is -0.872. The van der Waals surface area contributed by atoms with E-state index in [1.54, 1.807) is 0 Å². The molecular weight excluding hydrogens is 242 g/mol. The van der Waals surface area contributed by atoms with E-state index in [4.69, 9.17) is 4.74 Å². The molecule has 0 radical (unpaired) electrons. The highest BCUT2D eigenvalue weighted by Gasteiger charge is 2.27. The second-order valence-corrected chi connectivity index (χ2v) is 3.35. The molecule has 1 atom stereocenters. The molecule has 0 saturated carbocycles. The van der Waals surface area contributed by atoms with Crippen molar-refractivity contribution in [3.8, 4) is 0 Å². The molecule has 2 amide bonds. The average Bonchev–Trinajstić information content (AvgIpc) is 2.11. The van der Waals surface area contributed by atoms with Gasteiger partial charge in [-0.25, -0.2) is 0 Å². The number of aliphatic hydroxyl groups is 1. The third kappa shape index (κ3) is 2.75. The van der Waals surface area contributed by atoms with Crippen molar-refractivity contribution in [3.63, 3.8) is 0 Å². The van der Waals surface area contributed by atoms with E-state index in [2.05, 4.69) is 15.9 Å². The molecule has 1 saturated heterocycles. The first-order valence-corrected chi connectivity index (χ1v) is 4.92. The Balaban J connectivity index is 2.54. The SMILES string of the molecule is O=C1COCC(=O)N1CC(O)CBr. The molecule has 0 aliphatic carbocycles. The number of β-amino-alcohol motifs (C(OH)–C–C–N with tert-alkyl or cyclic N) is 1. The van der Waals surface area contributed by atoms with Gasteiger partial charge in [0.25, 0.3) is 11.8 Å². The second kappa shape index (κ2) is 4.69. The van der Waals surface area contributed by atoms with Gasteiger partial charge < -0.3 is 9.84 Å². The van der Waals surface area contributed by atoms with E-state index in [0.717, 1.165) is 4.90 Å². The van der Waals surface area contributed by atoms with E-state index in [0.29, 0.717) is 5.33 Å². The van der Waals surface area contributed by atoms with Crippen LogP contribution >= 0.6 is 15.9 Å². The third-order valence-electron chi connectivity index (χ3n) is 1.62. The molecule has 1 unspecified atom stereocenters. The molecule has 5 nitrogen and oxygen atoms in total. The Morgan fingerprint density at radius 1 is 1.46 bits per heavy atom. The zero-order valence-corrected chi connectivity index (χ0v) is 8.49. The largest absolute Gasteiger partial charge is 0.390 e. The number of aliphatic hydroxyl groups excluding tert-OH is 1. The number of alkyl halides is 1.